The van der Waals surface area contributed by atoms with E-state index in [1.165, 1.54) is 6.20 Å². The molecule has 0 saturated carbocycles. The molecule has 0 unspecified atom stereocenters. The quantitative estimate of drug-likeness (QED) is 0.847. The standard InChI is InChI=1S/C12H7Cl3N2O3S/c1-4-2-6(21-10(4)12(19)20)17-11(18)9-8(15)7(14)5(13)3-16-9/h2-3H,1H3,(H,17,18)(H,19,20). The SMILES string of the molecule is Cc1cc(NC(=O)c2ncc(Cl)c(Cl)c2Cl)sc1C(=O)O. The molecule has 0 bridgehead atoms. The van der Waals surface area contributed by atoms with Gasteiger partial charge in [0.25, 0.3) is 5.91 Å². The monoisotopic (exact) mass is 364 g/mol. The van der Waals surface area contributed by atoms with Gasteiger partial charge in [-0.3, -0.25) is 4.79 Å². The molecule has 2 rings (SSSR count). The van der Waals surface area contributed by atoms with Crippen LogP contribution in [0.2, 0.25) is 15.1 Å². The topological polar surface area (TPSA) is 79.3 Å². The normalized spacial score (nSPS) is 10.5. The van der Waals surface area contributed by atoms with E-state index >= 15 is 0 Å². The predicted molar refractivity (Wildman–Crippen MR) is 83.2 cm³/mol. The highest BCUT2D eigenvalue weighted by molar-refractivity contribution is 7.18. The highest BCUT2D eigenvalue weighted by Gasteiger charge is 2.19. The van der Waals surface area contributed by atoms with Crippen LogP contribution in [0.1, 0.15) is 25.7 Å². The van der Waals surface area contributed by atoms with Crippen molar-refractivity contribution in [1.29, 1.82) is 0 Å². The van der Waals surface area contributed by atoms with Gasteiger partial charge in [0, 0.05) is 6.20 Å². The number of pyridine rings is 1. The van der Waals surface area contributed by atoms with E-state index in [0.29, 0.717) is 10.6 Å². The lowest BCUT2D eigenvalue weighted by atomic mass is 10.3. The fourth-order valence-corrected chi connectivity index (χ4v) is 3.00. The third kappa shape index (κ3) is 3.29. The number of carbonyl (C=O) groups is 2. The van der Waals surface area contributed by atoms with Crippen LogP contribution in [0.25, 0.3) is 0 Å². The van der Waals surface area contributed by atoms with Crippen molar-refractivity contribution in [3.8, 4) is 0 Å². The van der Waals surface area contributed by atoms with E-state index < -0.39 is 11.9 Å². The molecule has 2 heterocycles. The van der Waals surface area contributed by atoms with Crippen LogP contribution in [0, 0.1) is 6.92 Å². The van der Waals surface area contributed by atoms with Crippen LogP contribution < -0.4 is 5.32 Å². The van der Waals surface area contributed by atoms with Crippen molar-refractivity contribution < 1.29 is 14.7 Å². The summed E-state index contributed by atoms with van der Waals surface area (Å²) in [7, 11) is 0. The maximum atomic E-state index is 12.1. The first kappa shape index (κ1) is 16.0. The lowest BCUT2D eigenvalue weighted by Crippen LogP contribution is -2.13. The molecule has 0 saturated heterocycles. The van der Waals surface area contributed by atoms with E-state index in [0.717, 1.165) is 11.3 Å². The van der Waals surface area contributed by atoms with Crippen molar-refractivity contribution in [1.82, 2.24) is 4.98 Å². The molecule has 1 amide bonds. The Labute approximate surface area is 138 Å². The number of thiophene rings is 1. The summed E-state index contributed by atoms with van der Waals surface area (Å²) in [4.78, 5) is 27.0. The van der Waals surface area contributed by atoms with Gasteiger partial charge in [0.15, 0.2) is 0 Å². The van der Waals surface area contributed by atoms with Gasteiger partial charge in [-0.05, 0) is 18.6 Å². The second-order valence-electron chi connectivity index (χ2n) is 3.96. The summed E-state index contributed by atoms with van der Waals surface area (Å²) in [5.41, 5.74) is 0.463. The van der Waals surface area contributed by atoms with Crippen molar-refractivity contribution >= 4 is 63.0 Å². The molecule has 2 aromatic rings. The molecule has 0 radical (unpaired) electrons. The van der Waals surface area contributed by atoms with Gasteiger partial charge in [0.1, 0.15) is 10.6 Å². The number of carbonyl (C=O) groups excluding carboxylic acids is 1. The number of hydrogen-bond acceptors (Lipinski definition) is 4. The minimum Gasteiger partial charge on any atom is -0.477 e. The first-order valence-corrected chi connectivity index (χ1v) is 7.41. The molecule has 0 fully saturated rings. The number of rotatable bonds is 3. The fourth-order valence-electron chi connectivity index (χ4n) is 1.53. The molecular formula is C12H7Cl3N2O3S. The van der Waals surface area contributed by atoms with Crippen molar-refractivity contribution in [2.24, 2.45) is 0 Å². The van der Waals surface area contributed by atoms with E-state index in [-0.39, 0.29) is 25.6 Å². The molecule has 0 atom stereocenters. The molecule has 2 N–H and O–H groups in total. The van der Waals surface area contributed by atoms with Gasteiger partial charge < -0.3 is 10.4 Å². The highest BCUT2D eigenvalue weighted by atomic mass is 35.5. The number of nitrogens with one attached hydrogen (secondary N) is 1. The summed E-state index contributed by atoms with van der Waals surface area (Å²) in [6.07, 6.45) is 1.22. The van der Waals surface area contributed by atoms with Crippen LogP contribution in [0.5, 0.6) is 0 Å². The Hall–Kier alpha value is -1.34. The van der Waals surface area contributed by atoms with Crippen LogP contribution in [0.15, 0.2) is 12.3 Å². The van der Waals surface area contributed by atoms with Gasteiger partial charge in [-0.15, -0.1) is 11.3 Å². The average molecular weight is 366 g/mol. The first-order chi connectivity index (χ1) is 9.81. The van der Waals surface area contributed by atoms with Crippen molar-refractivity contribution in [2.75, 3.05) is 5.32 Å². The third-order valence-corrected chi connectivity index (χ3v) is 4.86. The van der Waals surface area contributed by atoms with Crippen LogP contribution in [0.3, 0.4) is 0 Å². The molecule has 9 heteroatoms. The highest BCUT2D eigenvalue weighted by Crippen LogP contribution is 2.32. The first-order valence-electron chi connectivity index (χ1n) is 5.45. The Morgan fingerprint density at radius 3 is 2.52 bits per heavy atom. The minimum absolute atomic E-state index is 0.0343. The van der Waals surface area contributed by atoms with Gasteiger partial charge in [0.2, 0.25) is 0 Å². The number of anilines is 1. The number of nitrogens with zero attached hydrogens (tertiary/aromatic N) is 1. The number of aromatic nitrogens is 1. The van der Waals surface area contributed by atoms with E-state index in [4.69, 9.17) is 39.9 Å². The molecule has 2 aromatic heterocycles. The number of halogens is 3. The molecule has 0 aliphatic carbocycles. The molecule has 21 heavy (non-hydrogen) atoms. The molecule has 0 spiro atoms. The van der Waals surface area contributed by atoms with E-state index in [1.54, 1.807) is 13.0 Å². The number of carboxylic acid groups (broad SMARTS) is 1. The Morgan fingerprint density at radius 2 is 1.95 bits per heavy atom. The maximum absolute atomic E-state index is 12.1. The Kier molecular flexibility index (Phi) is 4.73. The Morgan fingerprint density at radius 1 is 1.29 bits per heavy atom. The van der Waals surface area contributed by atoms with Gasteiger partial charge in [-0.1, -0.05) is 34.8 Å². The van der Waals surface area contributed by atoms with Gasteiger partial charge in [-0.2, -0.15) is 0 Å². The van der Waals surface area contributed by atoms with E-state index in [9.17, 15) is 9.59 Å². The van der Waals surface area contributed by atoms with Gasteiger partial charge in [0.05, 0.1) is 20.1 Å². The third-order valence-electron chi connectivity index (χ3n) is 2.48. The molecule has 0 aliphatic heterocycles. The van der Waals surface area contributed by atoms with E-state index in [1.807, 2.05) is 0 Å². The number of hydrogen-bond donors (Lipinski definition) is 2. The largest absolute Gasteiger partial charge is 0.477 e. The van der Waals surface area contributed by atoms with Crippen LogP contribution in [-0.2, 0) is 0 Å². The zero-order valence-electron chi connectivity index (χ0n) is 10.4. The van der Waals surface area contributed by atoms with E-state index in [2.05, 4.69) is 10.3 Å². The van der Waals surface area contributed by atoms with Gasteiger partial charge in [-0.25, -0.2) is 9.78 Å². The molecule has 110 valence electrons. The predicted octanol–water partition coefficient (Wildman–Crippen LogP) is 4.36. The lowest BCUT2D eigenvalue weighted by molar-refractivity contribution is 0.0701. The zero-order chi connectivity index (χ0) is 15.7. The Balaban J connectivity index is 2.28. The van der Waals surface area contributed by atoms with Crippen LogP contribution >= 0.6 is 46.1 Å². The molecular weight excluding hydrogens is 359 g/mol. The molecule has 0 aromatic carbocycles. The Bertz CT molecular complexity index is 746. The molecule has 5 nitrogen and oxygen atoms in total. The van der Waals surface area contributed by atoms with Crippen LogP contribution in [-0.4, -0.2) is 22.0 Å². The second-order valence-corrected chi connectivity index (χ2v) is 6.18. The van der Waals surface area contributed by atoms with Crippen molar-refractivity contribution in [3.63, 3.8) is 0 Å². The van der Waals surface area contributed by atoms with Crippen molar-refractivity contribution in [3.05, 3.63) is 43.5 Å². The average Bonchev–Trinajstić information content (AvgIpc) is 2.77. The molecule has 0 aliphatic rings. The number of carboxylic acids is 1. The fraction of sp³-hybridized carbons (Fsp3) is 0.0833. The maximum Gasteiger partial charge on any atom is 0.346 e. The second kappa shape index (κ2) is 6.19. The number of aromatic carboxylic acids is 1. The zero-order valence-corrected chi connectivity index (χ0v) is 13.5. The smallest absolute Gasteiger partial charge is 0.346 e. The number of aryl methyl sites for hydroxylation is 1. The number of amides is 1. The summed E-state index contributed by atoms with van der Waals surface area (Å²) in [5.74, 6) is -1.65. The summed E-state index contributed by atoms with van der Waals surface area (Å²) in [6.45, 7) is 1.64. The van der Waals surface area contributed by atoms with Gasteiger partial charge >= 0.3 is 5.97 Å². The minimum atomic E-state index is -1.05. The summed E-state index contributed by atoms with van der Waals surface area (Å²) < 4.78 is 0. The lowest BCUT2D eigenvalue weighted by Gasteiger charge is -2.06. The van der Waals surface area contributed by atoms with Crippen LogP contribution in [0.4, 0.5) is 5.00 Å². The van der Waals surface area contributed by atoms with Crippen molar-refractivity contribution in [2.45, 2.75) is 6.92 Å². The summed E-state index contributed by atoms with van der Waals surface area (Å²) >= 11 is 18.4. The summed E-state index contributed by atoms with van der Waals surface area (Å²) in [6, 6.07) is 1.55. The summed E-state index contributed by atoms with van der Waals surface area (Å²) in [5, 5.41) is 12.0.